The van der Waals surface area contributed by atoms with Crippen LogP contribution in [0.4, 0.5) is 5.82 Å². The van der Waals surface area contributed by atoms with Crippen LogP contribution in [0.2, 0.25) is 0 Å². The molecule has 0 spiro atoms. The topological polar surface area (TPSA) is 95.1 Å². The van der Waals surface area contributed by atoms with Crippen molar-refractivity contribution in [2.75, 3.05) is 25.0 Å². The van der Waals surface area contributed by atoms with Crippen LogP contribution in [-0.4, -0.2) is 52.5 Å². The summed E-state index contributed by atoms with van der Waals surface area (Å²) in [5.74, 6) is 1.93. The number of carbonyl (C=O) groups excluding carboxylic acids is 1. The summed E-state index contributed by atoms with van der Waals surface area (Å²) in [6.45, 7) is 6.83. The van der Waals surface area contributed by atoms with Gasteiger partial charge >= 0.3 is 5.82 Å². The van der Waals surface area contributed by atoms with Crippen molar-refractivity contribution < 1.29 is 29.3 Å². The normalized spacial score (nSPS) is 18.1. The molecule has 1 aliphatic rings. The van der Waals surface area contributed by atoms with E-state index in [9.17, 15) is 15.1 Å². The Morgan fingerprint density at radius 3 is 2.90 bits per heavy atom. The molecule has 0 saturated heterocycles. The predicted octanol–water partition coefficient (Wildman–Crippen LogP) is 1.97. The molecule has 1 aromatic carbocycles. The lowest BCUT2D eigenvalue weighted by atomic mass is 10.1. The summed E-state index contributed by atoms with van der Waals surface area (Å²) in [6, 6.07) is 11.0. The van der Waals surface area contributed by atoms with E-state index in [1.165, 1.54) is 6.92 Å². The minimum Gasteiger partial charge on any atom is -0.493 e. The molecular formula is C22H30N3O5+. The average Bonchev–Trinajstić information content (AvgIpc) is 2.77. The fourth-order valence-corrected chi connectivity index (χ4v) is 3.41. The number of aliphatic hydroxyl groups is 1. The second kappa shape index (κ2) is 9.32. The molecule has 1 atom stereocenters. The van der Waals surface area contributed by atoms with E-state index in [0.717, 1.165) is 16.7 Å². The highest BCUT2D eigenvalue weighted by molar-refractivity contribution is 5.77. The van der Waals surface area contributed by atoms with Crippen LogP contribution in [0, 0.1) is 0 Å². The number of fused-ring (bicyclic) bond motifs is 1. The lowest BCUT2D eigenvalue weighted by Gasteiger charge is -2.35. The summed E-state index contributed by atoms with van der Waals surface area (Å²) in [6.07, 6.45) is 1.39. The number of ketones is 1. The van der Waals surface area contributed by atoms with Crippen LogP contribution in [0.25, 0.3) is 0 Å². The standard InChI is InChI=1S/C22H29N3O5/c1-16(26)14-24-15-17-8-9-18(13-19(17)30-22(2,3)21(24)27)29-12-6-10-23-20-7-4-5-11-25(20)28/h4-5,7-9,11,13,21,27-28H,6,10,12,14-15H2,1-3H3/p+1. The SMILES string of the molecule is CC(=O)CN1Cc2ccc(OCCCNc3cccc[n+]3O)cc2OC(C)(C)C1O. The Labute approximate surface area is 176 Å². The molecule has 0 aliphatic carbocycles. The van der Waals surface area contributed by atoms with E-state index in [1.54, 1.807) is 37.1 Å². The number of aromatic nitrogens is 1. The number of hydrogen-bond acceptors (Lipinski definition) is 7. The van der Waals surface area contributed by atoms with Crippen LogP contribution in [0.1, 0.15) is 32.8 Å². The number of rotatable bonds is 8. The van der Waals surface area contributed by atoms with Gasteiger partial charge in [-0.1, -0.05) is 16.9 Å². The Morgan fingerprint density at radius 1 is 1.37 bits per heavy atom. The van der Waals surface area contributed by atoms with Gasteiger partial charge in [-0.05, 0) is 32.9 Å². The van der Waals surface area contributed by atoms with Crippen LogP contribution in [0.5, 0.6) is 11.5 Å². The largest absolute Gasteiger partial charge is 0.493 e. The zero-order valence-corrected chi connectivity index (χ0v) is 17.7. The van der Waals surface area contributed by atoms with Gasteiger partial charge in [-0.3, -0.25) is 15.0 Å². The van der Waals surface area contributed by atoms with E-state index in [2.05, 4.69) is 5.32 Å². The maximum atomic E-state index is 11.6. The third-order valence-corrected chi connectivity index (χ3v) is 4.91. The molecule has 0 saturated carbocycles. The van der Waals surface area contributed by atoms with Crippen LogP contribution < -0.4 is 19.5 Å². The molecule has 0 radical (unpaired) electrons. The van der Waals surface area contributed by atoms with Crippen LogP contribution in [0.15, 0.2) is 42.6 Å². The number of anilines is 1. The fourth-order valence-electron chi connectivity index (χ4n) is 3.41. The van der Waals surface area contributed by atoms with Crippen LogP contribution >= 0.6 is 0 Å². The lowest BCUT2D eigenvalue weighted by Crippen LogP contribution is -2.52. The Kier molecular flexibility index (Phi) is 6.79. The van der Waals surface area contributed by atoms with Gasteiger partial charge in [0.15, 0.2) is 0 Å². The van der Waals surface area contributed by atoms with Crippen molar-refractivity contribution in [3.63, 3.8) is 0 Å². The predicted molar refractivity (Wildman–Crippen MR) is 111 cm³/mol. The van der Waals surface area contributed by atoms with E-state index in [-0.39, 0.29) is 12.3 Å². The van der Waals surface area contributed by atoms with Crippen LogP contribution in [0.3, 0.4) is 0 Å². The summed E-state index contributed by atoms with van der Waals surface area (Å²) in [7, 11) is 0. The number of benzene rings is 1. The van der Waals surface area contributed by atoms with Crippen molar-refractivity contribution in [2.24, 2.45) is 0 Å². The van der Waals surface area contributed by atoms with Crippen LogP contribution in [-0.2, 0) is 11.3 Å². The van der Waals surface area contributed by atoms with Crippen molar-refractivity contribution >= 4 is 11.6 Å². The van der Waals surface area contributed by atoms with Gasteiger partial charge in [0.25, 0.3) is 0 Å². The Bertz CT molecular complexity index is 887. The number of Topliss-reactive ketones (excluding diaryl/α,β-unsaturated/α-hetero) is 1. The van der Waals surface area contributed by atoms with Crippen molar-refractivity contribution in [3.05, 3.63) is 48.2 Å². The van der Waals surface area contributed by atoms with Crippen molar-refractivity contribution in [1.82, 2.24) is 4.90 Å². The molecule has 0 fully saturated rings. The summed E-state index contributed by atoms with van der Waals surface area (Å²) in [4.78, 5) is 13.3. The molecule has 3 N–H and O–H groups in total. The second-order valence-electron chi connectivity index (χ2n) is 8.01. The first-order valence-corrected chi connectivity index (χ1v) is 10.1. The van der Waals surface area contributed by atoms with Crippen molar-refractivity contribution in [2.45, 2.75) is 45.6 Å². The molecule has 1 aromatic heterocycles. The highest BCUT2D eigenvalue weighted by atomic mass is 16.5. The van der Waals surface area contributed by atoms with Gasteiger partial charge in [0, 0.05) is 30.7 Å². The van der Waals surface area contributed by atoms with Gasteiger partial charge in [0.2, 0.25) is 0 Å². The van der Waals surface area contributed by atoms with Gasteiger partial charge in [-0.25, -0.2) is 0 Å². The van der Waals surface area contributed by atoms with E-state index >= 15 is 0 Å². The monoisotopic (exact) mass is 416 g/mol. The first-order chi connectivity index (χ1) is 14.3. The smallest absolute Gasteiger partial charge is 0.313 e. The number of carbonyl (C=O) groups is 1. The number of nitrogens with zero attached hydrogens (tertiary/aromatic N) is 2. The molecule has 1 unspecified atom stereocenters. The number of hydrogen-bond donors (Lipinski definition) is 3. The van der Waals surface area contributed by atoms with E-state index in [1.807, 2.05) is 24.3 Å². The van der Waals surface area contributed by atoms with Gasteiger partial charge in [-0.15, -0.1) is 0 Å². The van der Waals surface area contributed by atoms with Gasteiger partial charge < -0.3 is 19.8 Å². The summed E-state index contributed by atoms with van der Waals surface area (Å²) in [5.41, 5.74) is 0.0185. The summed E-state index contributed by atoms with van der Waals surface area (Å²) in [5, 5.41) is 23.5. The van der Waals surface area contributed by atoms with Gasteiger partial charge in [-0.2, -0.15) is 0 Å². The molecule has 8 heteroatoms. The molecule has 2 aromatic rings. The Hall–Kier alpha value is -2.84. The lowest BCUT2D eigenvalue weighted by molar-refractivity contribution is -0.893. The molecule has 162 valence electrons. The maximum Gasteiger partial charge on any atom is 0.313 e. The molecular weight excluding hydrogens is 386 g/mol. The van der Waals surface area contributed by atoms with Gasteiger partial charge in [0.05, 0.1) is 19.7 Å². The number of aliphatic hydroxyl groups excluding tert-OH is 1. The quantitative estimate of drug-likeness (QED) is 0.344. The molecule has 8 nitrogen and oxygen atoms in total. The zero-order chi connectivity index (χ0) is 21.7. The Morgan fingerprint density at radius 2 is 2.17 bits per heavy atom. The fraction of sp³-hybridized carbons (Fsp3) is 0.455. The van der Waals surface area contributed by atoms with E-state index in [0.29, 0.717) is 37.0 Å². The summed E-state index contributed by atoms with van der Waals surface area (Å²) < 4.78 is 13.0. The van der Waals surface area contributed by atoms with E-state index < -0.39 is 11.8 Å². The van der Waals surface area contributed by atoms with E-state index in [4.69, 9.17) is 9.47 Å². The minimum absolute atomic E-state index is 0.0101. The first kappa shape index (κ1) is 21.9. The second-order valence-corrected chi connectivity index (χ2v) is 8.01. The number of ether oxygens (including phenoxy) is 2. The average molecular weight is 416 g/mol. The molecule has 0 amide bonds. The minimum atomic E-state index is -0.906. The third kappa shape index (κ3) is 5.40. The highest BCUT2D eigenvalue weighted by Crippen LogP contribution is 2.34. The molecule has 1 aliphatic heterocycles. The highest BCUT2D eigenvalue weighted by Gasteiger charge is 2.38. The zero-order valence-electron chi connectivity index (χ0n) is 17.7. The van der Waals surface area contributed by atoms with Crippen molar-refractivity contribution in [1.29, 1.82) is 0 Å². The van der Waals surface area contributed by atoms with Gasteiger partial charge in [0.1, 0.15) is 35.3 Å². The van der Waals surface area contributed by atoms with Crippen molar-refractivity contribution in [3.8, 4) is 11.5 Å². The third-order valence-electron chi connectivity index (χ3n) is 4.91. The maximum absolute atomic E-state index is 11.6. The molecule has 2 heterocycles. The molecule has 30 heavy (non-hydrogen) atoms. The number of nitrogens with one attached hydrogen (secondary N) is 1. The first-order valence-electron chi connectivity index (χ1n) is 10.1. The number of pyridine rings is 1. The molecule has 0 bridgehead atoms. The Balaban J connectivity index is 1.59. The summed E-state index contributed by atoms with van der Waals surface area (Å²) >= 11 is 0. The molecule has 3 rings (SSSR count).